The van der Waals surface area contributed by atoms with E-state index in [1.54, 1.807) is 6.20 Å². The Morgan fingerprint density at radius 2 is 2.21 bits per heavy atom. The molecule has 0 aliphatic heterocycles. The van der Waals surface area contributed by atoms with Crippen LogP contribution in [0.4, 0.5) is 5.82 Å². The smallest absolute Gasteiger partial charge is 0.132 e. The van der Waals surface area contributed by atoms with Gasteiger partial charge in [0.05, 0.1) is 0 Å². The van der Waals surface area contributed by atoms with E-state index in [2.05, 4.69) is 25.9 Å². The van der Waals surface area contributed by atoms with Gasteiger partial charge in [-0.2, -0.15) is 0 Å². The molecule has 0 radical (unpaired) electrons. The minimum atomic E-state index is 0.537. The molecule has 0 aliphatic rings. The maximum atomic E-state index is 5.78. The van der Waals surface area contributed by atoms with Crippen molar-refractivity contribution in [1.82, 2.24) is 9.97 Å². The van der Waals surface area contributed by atoms with Gasteiger partial charge in [0, 0.05) is 27.6 Å². The molecule has 2 aromatic heterocycles. The average Bonchev–Trinajstić information content (AvgIpc) is 2.56. The average molecular weight is 252 g/mol. The third kappa shape index (κ3) is 1.65. The van der Waals surface area contributed by atoms with Crippen LogP contribution in [-0.4, -0.2) is 9.97 Å². The summed E-state index contributed by atoms with van der Waals surface area (Å²) in [6.45, 7) is 2.01. The van der Waals surface area contributed by atoms with E-state index < -0.39 is 0 Å². The zero-order chi connectivity index (χ0) is 10.1. The molecule has 0 atom stereocenters. The molecule has 2 aromatic rings. The van der Waals surface area contributed by atoms with Crippen LogP contribution in [0.1, 0.15) is 5.69 Å². The van der Waals surface area contributed by atoms with Crippen molar-refractivity contribution in [3.63, 3.8) is 0 Å². The minimum absolute atomic E-state index is 0.537. The highest BCUT2D eigenvalue weighted by atomic mass is 79.9. The molecule has 0 spiro atoms. The Labute approximate surface area is 90.5 Å². The maximum Gasteiger partial charge on any atom is 0.132 e. The van der Waals surface area contributed by atoms with Crippen LogP contribution in [0.3, 0.4) is 0 Å². The molecule has 2 rings (SSSR count). The Morgan fingerprint density at radius 3 is 2.86 bits per heavy atom. The number of hydrogen-bond donors (Lipinski definition) is 2. The van der Waals surface area contributed by atoms with Gasteiger partial charge in [0.2, 0.25) is 0 Å². The molecule has 0 unspecified atom stereocenters. The van der Waals surface area contributed by atoms with E-state index in [0.717, 1.165) is 21.4 Å². The molecule has 3 N–H and O–H groups in total. The number of aromatic nitrogens is 2. The summed E-state index contributed by atoms with van der Waals surface area (Å²) in [6.07, 6.45) is 1.69. The highest BCUT2D eigenvalue weighted by molar-refractivity contribution is 9.10. The lowest BCUT2D eigenvalue weighted by Crippen LogP contribution is -1.93. The quantitative estimate of drug-likeness (QED) is 0.819. The van der Waals surface area contributed by atoms with Gasteiger partial charge in [-0.3, -0.25) is 0 Å². The van der Waals surface area contributed by atoms with Crippen LogP contribution in [0, 0.1) is 6.92 Å². The Kier molecular flexibility index (Phi) is 2.29. The third-order valence-corrected chi connectivity index (χ3v) is 2.44. The molecular weight excluding hydrogens is 242 g/mol. The molecule has 0 aliphatic carbocycles. The van der Waals surface area contributed by atoms with Crippen LogP contribution in [0.2, 0.25) is 0 Å². The first-order chi connectivity index (χ1) is 6.66. The third-order valence-electron chi connectivity index (χ3n) is 2.01. The van der Waals surface area contributed by atoms with Gasteiger partial charge in [0.15, 0.2) is 0 Å². The normalized spacial score (nSPS) is 10.4. The van der Waals surface area contributed by atoms with E-state index in [0.29, 0.717) is 5.82 Å². The molecule has 3 nitrogen and oxygen atoms in total. The zero-order valence-corrected chi connectivity index (χ0v) is 9.30. The van der Waals surface area contributed by atoms with Crippen LogP contribution in [0.15, 0.2) is 28.9 Å². The molecule has 0 fully saturated rings. The number of nitrogens with two attached hydrogens (primary N) is 1. The molecule has 0 saturated heterocycles. The first-order valence-corrected chi connectivity index (χ1v) is 5.03. The van der Waals surface area contributed by atoms with Crippen molar-refractivity contribution in [3.05, 3.63) is 34.6 Å². The summed E-state index contributed by atoms with van der Waals surface area (Å²) in [7, 11) is 0. The lowest BCUT2D eigenvalue weighted by atomic mass is 10.2. The van der Waals surface area contributed by atoms with Crippen molar-refractivity contribution in [2.45, 2.75) is 6.92 Å². The van der Waals surface area contributed by atoms with E-state index in [9.17, 15) is 0 Å². The first-order valence-electron chi connectivity index (χ1n) is 4.24. The Hall–Kier alpha value is -1.29. The summed E-state index contributed by atoms with van der Waals surface area (Å²) >= 11 is 3.37. The summed E-state index contributed by atoms with van der Waals surface area (Å²) in [5.41, 5.74) is 8.81. The van der Waals surface area contributed by atoms with Gasteiger partial charge < -0.3 is 10.7 Å². The molecule has 2 heterocycles. The van der Waals surface area contributed by atoms with Crippen LogP contribution >= 0.6 is 15.9 Å². The predicted molar refractivity (Wildman–Crippen MR) is 60.9 cm³/mol. The summed E-state index contributed by atoms with van der Waals surface area (Å²) < 4.78 is 0.925. The molecule has 0 aromatic carbocycles. The lowest BCUT2D eigenvalue weighted by Gasteiger charge is -2.02. The van der Waals surface area contributed by atoms with Gasteiger partial charge in [-0.15, -0.1) is 0 Å². The molecule has 14 heavy (non-hydrogen) atoms. The highest BCUT2D eigenvalue weighted by Gasteiger charge is 2.05. The maximum absolute atomic E-state index is 5.78. The van der Waals surface area contributed by atoms with Crippen LogP contribution < -0.4 is 5.73 Å². The number of anilines is 1. The zero-order valence-electron chi connectivity index (χ0n) is 7.71. The van der Waals surface area contributed by atoms with Crippen molar-refractivity contribution in [2.24, 2.45) is 0 Å². The molecule has 72 valence electrons. The number of halogens is 1. The number of pyridine rings is 1. The Balaban J connectivity index is 2.55. The van der Waals surface area contributed by atoms with Gasteiger partial charge >= 0.3 is 0 Å². The van der Waals surface area contributed by atoms with Gasteiger partial charge in [-0.05, 0) is 41.1 Å². The number of hydrogen-bond acceptors (Lipinski definition) is 2. The van der Waals surface area contributed by atoms with Crippen molar-refractivity contribution in [2.75, 3.05) is 5.73 Å². The monoisotopic (exact) mass is 251 g/mol. The van der Waals surface area contributed by atoms with E-state index >= 15 is 0 Å². The highest BCUT2D eigenvalue weighted by Crippen LogP contribution is 2.26. The second kappa shape index (κ2) is 3.46. The van der Waals surface area contributed by atoms with Crippen molar-refractivity contribution >= 4 is 21.7 Å². The summed E-state index contributed by atoms with van der Waals surface area (Å²) in [6, 6.07) is 5.96. The number of aromatic amines is 1. The molecule has 0 saturated carbocycles. The molecular formula is C10H10BrN3. The van der Waals surface area contributed by atoms with Gasteiger partial charge in [-0.25, -0.2) is 4.98 Å². The van der Waals surface area contributed by atoms with Crippen molar-refractivity contribution in [3.8, 4) is 11.3 Å². The molecule has 0 bridgehead atoms. The van der Waals surface area contributed by atoms with Crippen LogP contribution in [-0.2, 0) is 0 Å². The fraction of sp³-hybridized carbons (Fsp3) is 0.100. The number of aryl methyl sites for hydroxylation is 1. The predicted octanol–water partition coefficient (Wildman–Crippen LogP) is 2.73. The molecule has 4 heteroatoms. The van der Waals surface area contributed by atoms with Gasteiger partial charge in [0.25, 0.3) is 0 Å². The first kappa shape index (κ1) is 9.27. The van der Waals surface area contributed by atoms with Crippen molar-refractivity contribution in [1.29, 1.82) is 0 Å². The van der Waals surface area contributed by atoms with E-state index in [1.165, 1.54) is 0 Å². The topological polar surface area (TPSA) is 54.7 Å². The standard InChI is InChI=1S/C10H10BrN3/c1-6-2-3-9(14-6)8-4-7(11)5-13-10(8)12/h2-5,14H,1H3,(H2,12,13). The number of nitrogen functional groups attached to an aromatic ring is 1. The number of H-pyrrole nitrogens is 1. The summed E-state index contributed by atoms with van der Waals surface area (Å²) in [4.78, 5) is 7.29. The van der Waals surface area contributed by atoms with Gasteiger partial charge in [0.1, 0.15) is 5.82 Å². The second-order valence-electron chi connectivity index (χ2n) is 3.14. The van der Waals surface area contributed by atoms with E-state index in [1.807, 2.05) is 25.1 Å². The van der Waals surface area contributed by atoms with E-state index in [4.69, 9.17) is 5.73 Å². The lowest BCUT2D eigenvalue weighted by molar-refractivity contribution is 1.25. The van der Waals surface area contributed by atoms with E-state index in [-0.39, 0.29) is 0 Å². The van der Waals surface area contributed by atoms with Gasteiger partial charge in [-0.1, -0.05) is 0 Å². The minimum Gasteiger partial charge on any atom is -0.383 e. The Morgan fingerprint density at radius 1 is 1.43 bits per heavy atom. The second-order valence-corrected chi connectivity index (χ2v) is 4.06. The summed E-state index contributed by atoms with van der Waals surface area (Å²) in [5, 5.41) is 0. The number of rotatable bonds is 1. The number of nitrogens with zero attached hydrogens (tertiary/aromatic N) is 1. The number of nitrogens with one attached hydrogen (secondary N) is 1. The SMILES string of the molecule is Cc1ccc(-c2cc(Br)cnc2N)[nH]1. The Bertz CT molecular complexity index is 462. The fourth-order valence-corrected chi connectivity index (χ4v) is 1.66. The summed E-state index contributed by atoms with van der Waals surface area (Å²) in [5.74, 6) is 0.537. The van der Waals surface area contributed by atoms with Crippen molar-refractivity contribution < 1.29 is 0 Å². The van der Waals surface area contributed by atoms with Crippen LogP contribution in [0.5, 0.6) is 0 Å². The van der Waals surface area contributed by atoms with Crippen LogP contribution in [0.25, 0.3) is 11.3 Å². The fourth-order valence-electron chi connectivity index (χ4n) is 1.33. The largest absolute Gasteiger partial charge is 0.383 e. The molecule has 0 amide bonds.